The highest BCUT2D eigenvalue weighted by Crippen LogP contribution is 2.26. The molecule has 1 heterocycles. The Kier molecular flexibility index (Phi) is 4.73. The van der Waals surface area contributed by atoms with Gasteiger partial charge in [-0.25, -0.2) is 9.97 Å². The summed E-state index contributed by atoms with van der Waals surface area (Å²) < 4.78 is 5.88. The third kappa shape index (κ3) is 4.21. The fourth-order valence-corrected chi connectivity index (χ4v) is 1.57. The lowest BCUT2D eigenvalue weighted by atomic mass is 10.1. The van der Waals surface area contributed by atoms with E-state index in [1.165, 1.54) is 0 Å². The minimum absolute atomic E-state index is 0.236. The Hall–Kier alpha value is -1.32. The molecule has 0 saturated carbocycles. The Morgan fingerprint density at radius 3 is 2.47 bits per heavy atom. The quantitative estimate of drug-likeness (QED) is 0.855. The molecule has 0 amide bonds. The average Bonchev–Trinajstić information content (AvgIpc) is 2.21. The molecule has 0 bridgehead atoms. The predicted molar refractivity (Wildman–Crippen MR) is 70.6 cm³/mol. The van der Waals surface area contributed by atoms with E-state index < -0.39 is 0 Å². The molecule has 0 spiro atoms. The van der Waals surface area contributed by atoms with Crippen molar-refractivity contribution < 1.29 is 4.74 Å². The molecule has 0 radical (unpaired) electrons. The molecule has 96 valence electrons. The Labute approximate surface area is 104 Å². The van der Waals surface area contributed by atoms with Crippen molar-refractivity contribution in [3.63, 3.8) is 0 Å². The zero-order valence-electron chi connectivity index (χ0n) is 11.5. The summed E-state index contributed by atoms with van der Waals surface area (Å²) in [7, 11) is 0. The average molecular weight is 237 g/mol. The molecule has 1 aromatic rings. The molecule has 1 N–H and O–H groups in total. The summed E-state index contributed by atoms with van der Waals surface area (Å²) in [6.07, 6.45) is 3.53. The van der Waals surface area contributed by atoms with Crippen molar-refractivity contribution in [3.8, 4) is 5.88 Å². The SMILES string of the molecule is CCCc1c(NCC)ncnc1OC(C)(C)C. The number of hydrogen-bond acceptors (Lipinski definition) is 4. The molecule has 0 aromatic carbocycles. The van der Waals surface area contributed by atoms with Crippen LogP contribution in [0.1, 0.15) is 46.6 Å². The molecule has 4 nitrogen and oxygen atoms in total. The number of nitrogens with one attached hydrogen (secondary N) is 1. The summed E-state index contributed by atoms with van der Waals surface area (Å²) >= 11 is 0. The smallest absolute Gasteiger partial charge is 0.222 e. The fraction of sp³-hybridized carbons (Fsp3) is 0.692. The van der Waals surface area contributed by atoms with Crippen LogP contribution in [0.15, 0.2) is 6.33 Å². The van der Waals surface area contributed by atoms with Gasteiger partial charge < -0.3 is 10.1 Å². The summed E-state index contributed by atoms with van der Waals surface area (Å²) in [5, 5.41) is 3.26. The van der Waals surface area contributed by atoms with E-state index in [2.05, 4.69) is 29.1 Å². The minimum atomic E-state index is -0.236. The van der Waals surface area contributed by atoms with Crippen LogP contribution >= 0.6 is 0 Å². The molecular formula is C13H23N3O. The Balaban J connectivity index is 3.05. The second-order valence-corrected chi connectivity index (χ2v) is 5.00. The van der Waals surface area contributed by atoms with Crippen molar-refractivity contribution in [1.29, 1.82) is 0 Å². The zero-order chi connectivity index (χ0) is 12.9. The maximum absolute atomic E-state index is 5.88. The van der Waals surface area contributed by atoms with E-state index in [-0.39, 0.29) is 5.60 Å². The number of rotatable bonds is 5. The van der Waals surface area contributed by atoms with Crippen molar-refractivity contribution >= 4 is 5.82 Å². The molecule has 0 atom stereocenters. The molecule has 0 aliphatic rings. The third-order valence-corrected chi connectivity index (χ3v) is 2.15. The summed E-state index contributed by atoms with van der Waals surface area (Å²) in [4.78, 5) is 8.53. The Morgan fingerprint density at radius 2 is 1.94 bits per heavy atom. The van der Waals surface area contributed by atoms with Crippen LogP contribution < -0.4 is 10.1 Å². The fourth-order valence-electron chi connectivity index (χ4n) is 1.57. The predicted octanol–water partition coefficient (Wildman–Crippen LogP) is 3.04. The van der Waals surface area contributed by atoms with E-state index in [1.807, 2.05) is 20.8 Å². The van der Waals surface area contributed by atoms with Crippen LogP contribution in [-0.2, 0) is 6.42 Å². The van der Waals surface area contributed by atoms with Crippen LogP contribution in [0.2, 0.25) is 0 Å². The summed E-state index contributed by atoms with van der Waals surface area (Å²) in [5.41, 5.74) is 0.840. The molecule has 4 heteroatoms. The highest BCUT2D eigenvalue weighted by Gasteiger charge is 2.18. The molecule has 0 aliphatic carbocycles. The molecular weight excluding hydrogens is 214 g/mol. The molecule has 0 fully saturated rings. The second kappa shape index (κ2) is 5.84. The van der Waals surface area contributed by atoms with Gasteiger partial charge in [0.25, 0.3) is 0 Å². The maximum atomic E-state index is 5.88. The lowest BCUT2D eigenvalue weighted by Crippen LogP contribution is -2.24. The van der Waals surface area contributed by atoms with Gasteiger partial charge in [-0.3, -0.25) is 0 Å². The van der Waals surface area contributed by atoms with E-state index in [9.17, 15) is 0 Å². The van der Waals surface area contributed by atoms with Gasteiger partial charge in [-0.05, 0) is 34.1 Å². The van der Waals surface area contributed by atoms with Gasteiger partial charge in [-0.1, -0.05) is 13.3 Å². The van der Waals surface area contributed by atoms with Gasteiger partial charge in [-0.2, -0.15) is 0 Å². The molecule has 1 rings (SSSR count). The van der Waals surface area contributed by atoms with Crippen LogP contribution in [0.5, 0.6) is 5.88 Å². The second-order valence-electron chi connectivity index (χ2n) is 5.00. The number of anilines is 1. The van der Waals surface area contributed by atoms with Crippen molar-refractivity contribution in [2.75, 3.05) is 11.9 Å². The molecule has 17 heavy (non-hydrogen) atoms. The third-order valence-electron chi connectivity index (χ3n) is 2.15. The molecule has 0 saturated heterocycles. The van der Waals surface area contributed by atoms with Gasteiger partial charge in [0.15, 0.2) is 0 Å². The maximum Gasteiger partial charge on any atom is 0.222 e. The van der Waals surface area contributed by atoms with Crippen molar-refractivity contribution in [2.45, 2.75) is 53.1 Å². The van der Waals surface area contributed by atoms with Crippen LogP contribution in [0.4, 0.5) is 5.82 Å². The first-order valence-electron chi connectivity index (χ1n) is 6.24. The van der Waals surface area contributed by atoms with E-state index in [1.54, 1.807) is 6.33 Å². The van der Waals surface area contributed by atoms with E-state index in [0.29, 0.717) is 5.88 Å². The first-order valence-corrected chi connectivity index (χ1v) is 6.24. The van der Waals surface area contributed by atoms with Crippen LogP contribution in [-0.4, -0.2) is 22.1 Å². The van der Waals surface area contributed by atoms with E-state index in [4.69, 9.17) is 4.74 Å². The lowest BCUT2D eigenvalue weighted by Gasteiger charge is -2.23. The largest absolute Gasteiger partial charge is 0.472 e. The van der Waals surface area contributed by atoms with Gasteiger partial charge in [0.2, 0.25) is 5.88 Å². The van der Waals surface area contributed by atoms with Crippen LogP contribution in [0, 0.1) is 0 Å². The highest BCUT2D eigenvalue weighted by atomic mass is 16.5. The number of nitrogens with zero attached hydrogens (tertiary/aromatic N) is 2. The number of hydrogen-bond donors (Lipinski definition) is 1. The van der Waals surface area contributed by atoms with Gasteiger partial charge in [0.05, 0.1) is 5.56 Å². The van der Waals surface area contributed by atoms with Crippen LogP contribution in [0.25, 0.3) is 0 Å². The van der Waals surface area contributed by atoms with Gasteiger partial charge in [0, 0.05) is 6.54 Å². The van der Waals surface area contributed by atoms with Crippen molar-refractivity contribution in [3.05, 3.63) is 11.9 Å². The topological polar surface area (TPSA) is 47.0 Å². The monoisotopic (exact) mass is 237 g/mol. The van der Waals surface area contributed by atoms with Gasteiger partial charge in [0.1, 0.15) is 17.7 Å². The zero-order valence-corrected chi connectivity index (χ0v) is 11.5. The first kappa shape index (κ1) is 13.7. The molecule has 0 aliphatic heterocycles. The summed E-state index contributed by atoms with van der Waals surface area (Å²) in [6.45, 7) is 11.1. The minimum Gasteiger partial charge on any atom is -0.472 e. The Morgan fingerprint density at radius 1 is 1.24 bits per heavy atom. The van der Waals surface area contributed by atoms with E-state index in [0.717, 1.165) is 30.8 Å². The standard InChI is InChI=1S/C13H23N3O/c1-6-8-10-11(14-7-2)15-9-16-12(10)17-13(3,4)5/h9H,6-8H2,1-5H3,(H,14,15,16). The number of ether oxygens (including phenoxy) is 1. The number of aromatic nitrogens is 2. The van der Waals surface area contributed by atoms with Crippen molar-refractivity contribution in [2.24, 2.45) is 0 Å². The first-order chi connectivity index (χ1) is 7.98. The summed E-state index contributed by atoms with van der Waals surface area (Å²) in [6, 6.07) is 0. The van der Waals surface area contributed by atoms with Crippen molar-refractivity contribution in [1.82, 2.24) is 9.97 Å². The Bertz CT molecular complexity index is 358. The molecule has 0 unspecified atom stereocenters. The normalized spacial score (nSPS) is 11.4. The van der Waals surface area contributed by atoms with Gasteiger partial charge in [-0.15, -0.1) is 0 Å². The van der Waals surface area contributed by atoms with Crippen LogP contribution in [0.3, 0.4) is 0 Å². The highest BCUT2D eigenvalue weighted by molar-refractivity contribution is 5.48. The van der Waals surface area contributed by atoms with Gasteiger partial charge >= 0.3 is 0 Å². The molecule has 1 aromatic heterocycles. The van der Waals surface area contributed by atoms with E-state index >= 15 is 0 Å². The summed E-state index contributed by atoms with van der Waals surface area (Å²) in [5.74, 6) is 1.59. The lowest BCUT2D eigenvalue weighted by molar-refractivity contribution is 0.122.